The van der Waals surface area contributed by atoms with Crippen LogP contribution in [0.25, 0.3) is 0 Å². The smallest absolute Gasteiger partial charge is 0.0755 e. The largest absolute Gasteiger partial charge is 0.375 e. The highest BCUT2D eigenvalue weighted by atomic mass is 16.5. The lowest BCUT2D eigenvalue weighted by Gasteiger charge is -2.49. The van der Waals surface area contributed by atoms with Crippen molar-refractivity contribution in [1.82, 2.24) is 9.80 Å². The first-order valence-electron chi connectivity index (χ1n) is 6.71. The molecule has 94 valence electrons. The van der Waals surface area contributed by atoms with Crippen LogP contribution in [0.3, 0.4) is 0 Å². The molecule has 0 spiro atoms. The van der Waals surface area contributed by atoms with Crippen molar-refractivity contribution in [2.75, 3.05) is 26.2 Å². The van der Waals surface area contributed by atoms with Gasteiger partial charge in [0.2, 0.25) is 0 Å². The van der Waals surface area contributed by atoms with Gasteiger partial charge in [0.1, 0.15) is 0 Å². The molecule has 0 radical (unpaired) electrons. The lowest BCUT2D eigenvalue weighted by molar-refractivity contribution is -0.115. The van der Waals surface area contributed by atoms with Crippen LogP contribution in [0.4, 0.5) is 0 Å². The minimum Gasteiger partial charge on any atom is -0.375 e. The number of likely N-dealkylation sites (tertiary alicyclic amines) is 1. The average molecular weight is 226 g/mol. The average Bonchev–Trinajstić information content (AvgIpc) is 2.27. The molecule has 0 aliphatic carbocycles. The Balaban J connectivity index is 2.04. The normalized spacial score (nSPS) is 33.4. The van der Waals surface area contributed by atoms with Crippen LogP contribution in [0.2, 0.25) is 0 Å². The topological polar surface area (TPSA) is 15.7 Å². The minimum atomic E-state index is 0.478. The maximum atomic E-state index is 5.92. The summed E-state index contributed by atoms with van der Waals surface area (Å²) in [6.45, 7) is 13.6. The molecule has 2 heterocycles. The van der Waals surface area contributed by atoms with Gasteiger partial charge in [-0.05, 0) is 34.1 Å². The molecule has 2 aliphatic heterocycles. The van der Waals surface area contributed by atoms with Crippen LogP contribution >= 0.6 is 0 Å². The fourth-order valence-electron chi connectivity index (χ4n) is 3.03. The Bertz CT molecular complexity index is 230. The Kier molecular flexibility index (Phi) is 3.88. The molecular formula is C13H26N2O. The second-order valence-corrected chi connectivity index (χ2v) is 5.69. The lowest BCUT2D eigenvalue weighted by Crippen LogP contribution is -2.62. The Morgan fingerprint density at radius 3 is 2.44 bits per heavy atom. The van der Waals surface area contributed by atoms with Crippen LogP contribution in [0.15, 0.2) is 0 Å². The number of hydrogen-bond donors (Lipinski definition) is 0. The molecule has 0 aromatic rings. The van der Waals surface area contributed by atoms with Crippen molar-refractivity contribution in [3.63, 3.8) is 0 Å². The van der Waals surface area contributed by atoms with E-state index in [2.05, 4.69) is 37.5 Å². The number of fused-ring (bicyclic) bond motifs is 1. The highest BCUT2D eigenvalue weighted by Gasteiger charge is 2.38. The van der Waals surface area contributed by atoms with Crippen molar-refractivity contribution in [3.05, 3.63) is 0 Å². The second kappa shape index (κ2) is 5.03. The zero-order chi connectivity index (χ0) is 11.7. The van der Waals surface area contributed by atoms with Crippen LogP contribution in [0.1, 0.15) is 34.1 Å². The van der Waals surface area contributed by atoms with E-state index in [1.807, 2.05) is 0 Å². The molecule has 0 aromatic carbocycles. The second-order valence-electron chi connectivity index (χ2n) is 5.69. The molecule has 3 nitrogen and oxygen atoms in total. The standard InChI is InChI=1S/C13H26N2O/c1-10(2)14-6-5-13-12(9-14)15(11(3)4)7-8-16-13/h10-13H,5-9H2,1-4H3. The zero-order valence-corrected chi connectivity index (χ0v) is 11.1. The molecule has 0 amide bonds. The summed E-state index contributed by atoms with van der Waals surface area (Å²) >= 11 is 0. The van der Waals surface area contributed by atoms with Gasteiger partial charge in [0.25, 0.3) is 0 Å². The number of hydrogen-bond acceptors (Lipinski definition) is 3. The van der Waals surface area contributed by atoms with Gasteiger partial charge in [-0.15, -0.1) is 0 Å². The van der Waals surface area contributed by atoms with Gasteiger partial charge in [0.15, 0.2) is 0 Å². The van der Waals surface area contributed by atoms with Crippen molar-refractivity contribution in [2.24, 2.45) is 0 Å². The van der Waals surface area contributed by atoms with Crippen LogP contribution in [-0.4, -0.2) is 60.3 Å². The van der Waals surface area contributed by atoms with Crippen LogP contribution < -0.4 is 0 Å². The van der Waals surface area contributed by atoms with E-state index in [1.165, 1.54) is 19.5 Å². The number of rotatable bonds is 2. The summed E-state index contributed by atoms with van der Waals surface area (Å²) in [5.41, 5.74) is 0. The maximum absolute atomic E-state index is 5.92. The van der Waals surface area contributed by atoms with Crippen molar-refractivity contribution in [1.29, 1.82) is 0 Å². The van der Waals surface area contributed by atoms with Crippen molar-refractivity contribution >= 4 is 0 Å². The predicted octanol–water partition coefficient (Wildman–Crippen LogP) is 1.58. The fraction of sp³-hybridized carbons (Fsp3) is 1.00. The van der Waals surface area contributed by atoms with E-state index < -0.39 is 0 Å². The van der Waals surface area contributed by atoms with Gasteiger partial charge in [0, 0.05) is 37.8 Å². The molecular weight excluding hydrogens is 200 g/mol. The fourth-order valence-corrected chi connectivity index (χ4v) is 3.03. The zero-order valence-electron chi connectivity index (χ0n) is 11.1. The Hall–Kier alpha value is -0.120. The molecule has 2 aliphatic rings. The van der Waals surface area contributed by atoms with E-state index in [0.717, 1.165) is 13.2 Å². The number of ether oxygens (including phenoxy) is 1. The summed E-state index contributed by atoms with van der Waals surface area (Å²) in [6, 6.07) is 1.92. The molecule has 2 rings (SSSR count). The first-order valence-corrected chi connectivity index (χ1v) is 6.71. The van der Waals surface area contributed by atoms with Crippen molar-refractivity contribution in [2.45, 2.75) is 58.3 Å². The minimum absolute atomic E-state index is 0.478. The molecule has 0 N–H and O–H groups in total. The van der Waals surface area contributed by atoms with Crippen molar-refractivity contribution < 1.29 is 4.74 Å². The van der Waals surface area contributed by atoms with Gasteiger partial charge in [0.05, 0.1) is 12.7 Å². The van der Waals surface area contributed by atoms with Gasteiger partial charge in [-0.3, -0.25) is 9.80 Å². The summed E-state index contributed by atoms with van der Waals surface area (Å²) in [6.07, 6.45) is 1.68. The highest BCUT2D eigenvalue weighted by Crippen LogP contribution is 2.25. The summed E-state index contributed by atoms with van der Waals surface area (Å²) < 4.78 is 5.92. The molecule has 3 heteroatoms. The summed E-state index contributed by atoms with van der Waals surface area (Å²) in [5, 5.41) is 0. The quantitative estimate of drug-likeness (QED) is 0.711. The van der Waals surface area contributed by atoms with E-state index in [9.17, 15) is 0 Å². The lowest BCUT2D eigenvalue weighted by atomic mass is 9.96. The Morgan fingerprint density at radius 2 is 1.81 bits per heavy atom. The van der Waals surface area contributed by atoms with Gasteiger partial charge in [-0.25, -0.2) is 0 Å². The van der Waals surface area contributed by atoms with Gasteiger partial charge >= 0.3 is 0 Å². The van der Waals surface area contributed by atoms with Crippen LogP contribution in [0.5, 0.6) is 0 Å². The monoisotopic (exact) mass is 226 g/mol. The molecule has 2 fully saturated rings. The third-order valence-electron chi connectivity index (χ3n) is 4.05. The van der Waals surface area contributed by atoms with Crippen LogP contribution in [0, 0.1) is 0 Å². The molecule has 2 saturated heterocycles. The third-order valence-corrected chi connectivity index (χ3v) is 4.05. The van der Waals surface area contributed by atoms with E-state index in [0.29, 0.717) is 24.2 Å². The number of morpholine rings is 1. The molecule has 0 saturated carbocycles. The first-order chi connectivity index (χ1) is 7.59. The van der Waals surface area contributed by atoms with Crippen molar-refractivity contribution in [3.8, 4) is 0 Å². The molecule has 2 unspecified atom stereocenters. The molecule has 2 atom stereocenters. The van der Waals surface area contributed by atoms with Gasteiger partial charge in [-0.1, -0.05) is 0 Å². The van der Waals surface area contributed by atoms with E-state index in [1.54, 1.807) is 0 Å². The highest BCUT2D eigenvalue weighted by molar-refractivity contribution is 4.92. The summed E-state index contributed by atoms with van der Waals surface area (Å²) in [5.74, 6) is 0. The number of piperidine rings is 1. The third kappa shape index (κ3) is 2.41. The summed E-state index contributed by atoms with van der Waals surface area (Å²) in [4.78, 5) is 5.22. The first kappa shape index (κ1) is 12.3. The molecule has 16 heavy (non-hydrogen) atoms. The Labute approximate surface area is 99.7 Å². The van der Waals surface area contributed by atoms with E-state index in [4.69, 9.17) is 4.74 Å². The SMILES string of the molecule is CC(C)N1CCC2OCCN(C(C)C)C2C1. The van der Waals surface area contributed by atoms with Gasteiger partial charge in [-0.2, -0.15) is 0 Å². The maximum Gasteiger partial charge on any atom is 0.0755 e. The summed E-state index contributed by atoms with van der Waals surface area (Å²) in [7, 11) is 0. The Morgan fingerprint density at radius 1 is 1.06 bits per heavy atom. The number of nitrogens with zero attached hydrogens (tertiary/aromatic N) is 2. The van der Waals surface area contributed by atoms with Crippen LogP contribution in [-0.2, 0) is 4.74 Å². The van der Waals surface area contributed by atoms with E-state index >= 15 is 0 Å². The van der Waals surface area contributed by atoms with Gasteiger partial charge < -0.3 is 4.74 Å². The van der Waals surface area contributed by atoms with E-state index in [-0.39, 0.29) is 0 Å². The molecule has 0 bridgehead atoms. The molecule has 0 aromatic heterocycles. The predicted molar refractivity (Wildman–Crippen MR) is 66.7 cm³/mol.